The van der Waals surface area contributed by atoms with Crippen LogP contribution >= 0.6 is 0 Å². The molecular formula is C11H14FNO. The number of hydrogen-bond donors (Lipinski definition) is 2. The lowest BCUT2D eigenvalue weighted by Crippen LogP contribution is -2.26. The van der Waals surface area contributed by atoms with Crippen LogP contribution in [0.1, 0.15) is 24.8 Å². The average Bonchev–Trinajstić information content (AvgIpc) is 2.12. The zero-order chi connectivity index (χ0) is 9.97. The molecule has 3 heteroatoms. The summed E-state index contributed by atoms with van der Waals surface area (Å²) in [6.45, 7) is -0.241. The Kier molecular flexibility index (Phi) is 2.68. The van der Waals surface area contributed by atoms with Gasteiger partial charge >= 0.3 is 0 Å². The van der Waals surface area contributed by atoms with E-state index in [-0.39, 0.29) is 12.4 Å². The fourth-order valence-electron chi connectivity index (χ4n) is 1.55. The summed E-state index contributed by atoms with van der Waals surface area (Å²) in [6.07, 6.45) is 3.60. The fourth-order valence-corrected chi connectivity index (χ4v) is 1.55. The van der Waals surface area contributed by atoms with Crippen molar-refractivity contribution in [2.45, 2.75) is 31.9 Å². The third-order valence-corrected chi connectivity index (χ3v) is 2.70. The van der Waals surface area contributed by atoms with Crippen LogP contribution in [0.25, 0.3) is 0 Å². The van der Waals surface area contributed by atoms with Crippen LogP contribution in [0, 0.1) is 5.82 Å². The lowest BCUT2D eigenvalue weighted by Gasteiger charge is -2.27. The Morgan fingerprint density at radius 2 is 2.21 bits per heavy atom. The van der Waals surface area contributed by atoms with E-state index >= 15 is 0 Å². The lowest BCUT2D eigenvalue weighted by atomic mass is 9.93. The Labute approximate surface area is 82.8 Å². The topological polar surface area (TPSA) is 32.3 Å². The van der Waals surface area contributed by atoms with Gasteiger partial charge in [0.15, 0.2) is 0 Å². The van der Waals surface area contributed by atoms with Crippen molar-refractivity contribution < 1.29 is 9.50 Å². The Bertz CT molecular complexity index is 323. The van der Waals surface area contributed by atoms with Gasteiger partial charge in [-0.25, -0.2) is 4.39 Å². The Morgan fingerprint density at radius 3 is 2.71 bits per heavy atom. The van der Waals surface area contributed by atoms with Gasteiger partial charge in [-0.1, -0.05) is 6.07 Å². The molecule has 1 aliphatic rings. The highest BCUT2D eigenvalue weighted by atomic mass is 19.1. The van der Waals surface area contributed by atoms with Gasteiger partial charge < -0.3 is 10.4 Å². The van der Waals surface area contributed by atoms with Crippen LogP contribution in [0.4, 0.5) is 10.1 Å². The van der Waals surface area contributed by atoms with Crippen LogP contribution in [0.3, 0.4) is 0 Å². The molecule has 0 radical (unpaired) electrons. The molecule has 0 saturated heterocycles. The molecule has 0 aromatic heterocycles. The zero-order valence-corrected chi connectivity index (χ0v) is 7.96. The molecule has 1 fully saturated rings. The minimum Gasteiger partial charge on any atom is -0.392 e. The second-order valence-corrected chi connectivity index (χ2v) is 3.74. The Balaban J connectivity index is 2.07. The molecule has 2 N–H and O–H groups in total. The SMILES string of the molecule is OCc1ccc(NC2CCC2)cc1F. The van der Waals surface area contributed by atoms with Crippen LogP contribution in [-0.4, -0.2) is 11.1 Å². The van der Waals surface area contributed by atoms with Crippen molar-refractivity contribution in [3.63, 3.8) is 0 Å². The zero-order valence-electron chi connectivity index (χ0n) is 7.96. The van der Waals surface area contributed by atoms with Crippen molar-refractivity contribution in [2.75, 3.05) is 5.32 Å². The molecule has 2 nitrogen and oxygen atoms in total. The molecule has 14 heavy (non-hydrogen) atoms. The van der Waals surface area contributed by atoms with Gasteiger partial charge in [-0.15, -0.1) is 0 Å². The molecule has 0 atom stereocenters. The van der Waals surface area contributed by atoms with Gasteiger partial charge in [0.25, 0.3) is 0 Å². The summed E-state index contributed by atoms with van der Waals surface area (Å²) in [5.74, 6) is -0.336. The smallest absolute Gasteiger partial charge is 0.130 e. The molecule has 1 aromatic rings. The third kappa shape index (κ3) is 1.87. The maximum atomic E-state index is 13.2. The predicted octanol–water partition coefficient (Wildman–Crippen LogP) is 2.28. The molecule has 0 amide bonds. The first kappa shape index (κ1) is 9.46. The highest BCUT2D eigenvalue weighted by Gasteiger charge is 2.16. The van der Waals surface area contributed by atoms with Crippen LogP contribution in [0.15, 0.2) is 18.2 Å². The Hall–Kier alpha value is -1.09. The first-order valence-corrected chi connectivity index (χ1v) is 4.95. The van der Waals surface area contributed by atoms with Crippen molar-refractivity contribution in [2.24, 2.45) is 0 Å². The van der Waals surface area contributed by atoms with E-state index in [9.17, 15) is 4.39 Å². The van der Waals surface area contributed by atoms with Crippen LogP contribution in [-0.2, 0) is 6.61 Å². The number of aliphatic hydroxyl groups excluding tert-OH is 1. The molecule has 1 saturated carbocycles. The maximum Gasteiger partial charge on any atom is 0.130 e. The second-order valence-electron chi connectivity index (χ2n) is 3.74. The van der Waals surface area contributed by atoms with Crippen LogP contribution < -0.4 is 5.32 Å². The van der Waals surface area contributed by atoms with E-state index in [1.807, 2.05) is 6.07 Å². The van der Waals surface area contributed by atoms with Crippen LogP contribution in [0.5, 0.6) is 0 Å². The molecule has 0 aliphatic heterocycles. The summed E-state index contributed by atoms with van der Waals surface area (Å²) in [5, 5.41) is 12.0. The van der Waals surface area contributed by atoms with Crippen molar-refractivity contribution in [3.8, 4) is 0 Å². The number of hydrogen-bond acceptors (Lipinski definition) is 2. The van der Waals surface area contributed by atoms with Gasteiger partial charge in [0.05, 0.1) is 6.61 Å². The summed E-state index contributed by atoms with van der Waals surface area (Å²) in [4.78, 5) is 0. The van der Waals surface area contributed by atoms with Gasteiger partial charge in [-0.2, -0.15) is 0 Å². The average molecular weight is 195 g/mol. The minimum atomic E-state index is -0.336. The molecule has 0 heterocycles. The lowest BCUT2D eigenvalue weighted by molar-refractivity contribution is 0.276. The largest absolute Gasteiger partial charge is 0.392 e. The number of nitrogens with one attached hydrogen (secondary N) is 1. The number of rotatable bonds is 3. The van der Waals surface area contributed by atoms with Crippen molar-refractivity contribution in [3.05, 3.63) is 29.6 Å². The van der Waals surface area contributed by atoms with E-state index in [1.54, 1.807) is 6.07 Å². The molecule has 2 rings (SSSR count). The van der Waals surface area contributed by atoms with E-state index in [2.05, 4.69) is 5.32 Å². The quantitative estimate of drug-likeness (QED) is 0.775. The molecule has 1 aliphatic carbocycles. The standard InChI is InChI=1S/C11H14FNO/c12-11-6-10(5-4-8(11)7-14)13-9-2-1-3-9/h4-6,9,13-14H,1-3,7H2. The molecule has 0 unspecified atom stereocenters. The normalized spacial score (nSPS) is 16.4. The monoisotopic (exact) mass is 195 g/mol. The van der Waals surface area contributed by atoms with E-state index in [0.29, 0.717) is 11.6 Å². The molecule has 76 valence electrons. The minimum absolute atomic E-state index is 0.241. The number of anilines is 1. The van der Waals surface area contributed by atoms with Gasteiger partial charge in [0, 0.05) is 17.3 Å². The van der Waals surface area contributed by atoms with Crippen LogP contribution in [0.2, 0.25) is 0 Å². The number of aliphatic hydroxyl groups is 1. The molecule has 1 aromatic carbocycles. The number of benzene rings is 1. The molecule has 0 bridgehead atoms. The fraction of sp³-hybridized carbons (Fsp3) is 0.455. The molecular weight excluding hydrogens is 181 g/mol. The third-order valence-electron chi connectivity index (χ3n) is 2.70. The highest BCUT2D eigenvalue weighted by Crippen LogP contribution is 2.24. The van der Waals surface area contributed by atoms with Gasteiger partial charge in [-0.05, 0) is 31.4 Å². The summed E-state index contributed by atoms with van der Waals surface area (Å²) >= 11 is 0. The maximum absolute atomic E-state index is 13.2. The molecule has 0 spiro atoms. The predicted molar refractivity (Wildman–Crippen MR) is 53.6 cm³/mol. The van der Waals surface area contributed by atoms with Crippen molar-refractivity contribution in [1.82, 2.24) is 0 Å². The highest BCUT2D eigenvalue weighted by molar-refractivity contribution is 5.46. The summed E-state index contributed by atoms with van der Waals surface area (Å²) < 4.78 is 13.2. The second kappa shape index (κ2) is 3.96. The van der Waals surface area contributed by atoms with E-state index in [4.69, 9.17) is 5.11 Å². The van der Waals surface area contributed by atoms with E-state index < -0.39 is 0 Å². The van der Waals surface area contributed by atoms with Gasteiger partial charge in [-0.3, -0.25) is 0 Å². The first-order valence-electron chi connectivity index (χ1n) is 4.95. The Morgan fingerprint density at radius 1 is 1.43 bits per heavy atom. The van der Waals surface area contributed by atoms with Crippen molar-refractivity contribution in [1.29, 1.82) is 0 Å². The summed E-state index contributed by atoms with van der Waals surface area (Å²) in [5.41, 5.74) is 1.16. The van der Waals surface area contributed by atoms with Gasteiger partial charge in [0.1, 0.15) is 5.82 Å². The van der Waals surface area contributed by atoms with Gasteiger partial charge in [0.2, 0.25) is 0 Å². The van der Waals surface area contributed by atoms with Crippen molar-refractivity contribution >= 4 is 5.69 Å². The summed E-state index contributed by atoms with van der Waals surface area (Å²) in [7, 11) is 0. The first-order chi connectivity index (χ1) is 6.79. The number of halogens is 1. The van der Waals surface area contributed by atoms with E-state index in [1.165, 1.54) is 25.3 Å². The van der Waals surface area contributed by atoms with E-state index in [0.717, 1.165) is 5.69 Å². The summed E-state index contributed by atoms with van der Waals surface area (Å²) in [6, 6.07) is 5.39.